The van der Waals surface area contributed by atoms with Gasteiger partial charge in [-0.3, -0.25) is 14.2 Å². The van der Waals surface area contributed by atoms with Gasteiger partial charge in [-0.05, 0) is 62.4 Å². The van der Waals surface area contributed by atoms with E-state index < -0.39 is 6.04 Å². The Bertz CT molecular complexity index is 1050. The Labute approximate surface area is 160 Å². The predicted molar refractivity (Wildman–Crippen MR) is 107 cm³/mol. The summed E-state index contributed by atoms with van der Waals surface area (Å²) in [5, 5.41) is 3.54. The number of nitrogens with zero attached hydrogens (tertiary/aromatic N) is 2. The largest absolute Gasteiger partial charge is 0.497 e. The van der Waals surface area contributed by atoms with Crippen molar-refractivity contribution >= 4 is 33.1 Å². The van der Waals surface area contributed by atoms with E-state index in [9.17, 15) is 9.59 Å². The molecule has 7 heteroatoms. The summed E-state index contributed by atoms with van der Waals surface area (Å²) in [5.41, 5.74) is 1.66. The van der Waals surface area contributed by atoms with Crippen molar-refractivity contribution in [1.82, 2.24) is 9.55 Å². The van der Waals surface area contributed by atoms with Crippen LogP contribution in [-0.4, -0.2) is 22.6 Å². The molecule has 6 nitrogen and oxygen atoms in total. The molecule has 2 heterocycles. The van der Waals surface area contributed by atoms with Crippen molar-refractivity contribution in [3.63, 3.8) is 0 Å². The van der Waals surface area contributed by atoms with Crippen LogP contribution in [0.5, 0.6) is 5.75 Å². The summed E-state index contributed by atoms with van der Waals surface area (Å²) < 4.78 is 6.55. The molecule has 0 spiro atoms. The fourth-order valence-corrected chi connectivity index (χ4v) is 4.70. The molecule has 0 saturated heterocycles. The van der Waals surface area contributed by atoms with Crippen molar-refractivity contribution in [2.75, 3.05) is 12.4 Å². The van der Waals surface area contributed by atoms with Crippen LogP contribution in [0.25, 0.3) is 10.2 Å². The number of carbonyl (C=O) groups excluding carboxylic acids is 1. The maximum atomic E-state index is 13.1. The third kappa shape index (κ3) is 3.23. The summed E-state index contributed by atoms with van der Waals surface area (Å²) in [6, 6.07) is 6.43. The number of hydrogen-bond donors (Lipinski definition) is 1. The van der Waals surface area contributed by atoms with E-state index in [1.165, 1.54) is 15.8 Å². The van der Waals surface area contributed by atoms with Crippen LogP contribution >= 0.6 is 11.3 Å². The Kier molecular flexibility index (Phi) is 4.70. The van der Waals surface area contributed by atoms with Gasteiger partial charge >= 0.3 is 0 Å². The molecule has 0 bridgehead atoms. The first-order valence-corrected chi connectivity index (χ1v) is 9.86. The molecule has 1 atom stereocenters. The van der Waals surface area contributed by atoms with Crippen LogP contribution in [0.2, 0.25) is 0 Å². The van der Waals surface area contributed by atoms with Crippen molar-refractivity contribution in [2.24, 2.45) is 0 Å². The first-order valence-electron chi connectivity index (χ1n) is 9.05. The molecule has 1 unspecified atom stereocenters. The van der Waals surface area contributed by atoms with Crippen LogP contribution in [0.15, 0.2) is 35.4 Å². The van der Waals surface area contributed by atoms with Crippen LogP contribution < -0.4 is 15.6 Å². The minimum atomic E-state index is -0.657. The quantitative estimate of drug-likeness (QED) is 0.748. The highest BCUT2D eigenvalue weighted by Crippen LogP contribution is 2.33. The SMILES string of the molecule is COc1ccc(NC(=O)C(C)n2cnc3sc4c(c3c2=O)CCCC4)cc1. The number of aromatic nitrogens is 2. The van der Waals surface area contributed by atoms with Gasteiger partial charge in [-0.15, -0.1) is 11.3 Å². The molecule has 0 saturated carbocycles. The van der Waals surface area contributed by atoms with Crippen molar-refractivity contribution in [3.05, 3.63) is 51.4 Å². The lowest BCUT2D eigenvalue weighted by atomic mass is 9.97. The zero-order valence-corrected chi connectivity index (χ0v) is 16.1. The monoisotopic (exact) mass is 383 g/mol. The molecule has 27 heavy (non-hydrogen) atoms. The van der Waals surface area contributed by atoms with Crippen LogP contribution in [-0.2, 0) is 17.6 Å². The molecule has 1 aliphatic carbocycles. The third-order valence-corrected chi connectivity index (χ3v) is 6.25. The molecule has 1 aliphatic rings. The normalized spacial score (nSPS) is 14.6. The van der Waals surface area contributed by atoms with Gasteiger partial charge < -0.3 is 10.1 Å². The fraction of sp³-hybridized carbons (Fsp3) is 0.350. The zero-order chi connectivity index (χ0) is 19.0. The second-order valence-corrected chi connectivity index (χ2v) is 7.83. The zero-order valence-electron chi connectivity index (χ0n) is 15.3. The highest BCUT2D eigenvalue weighted by molar-refractivity contribution is 7.18. The highest BCUT2D eigenvalue weighted by Gasteiger charge is 2.23. The molecule has 1 aromatic carbocycles. The van der Waals surface area contributed by atoms with E-state index >= 15 is 0 Å². The number of thiophene rings is 1. The molecule has 1 amide bonds. The topological polar surface area (TPSA) is 73.2 Å². The van der Waals surface area contributed by atoms with E-state index in [0.29, 0.717) is 16.8 Å². The molecule has 140 valence electrons. The minimum absolute atomic E-state index is 0.128. The van der Waals surface area contributed by atoms with Gasteiger partial charge in [0.05, 0.1) is 18.8 Å². The van der Waals surface area contributed by atoms with Gasteiger partial charge in [0.25, 0.3) is 5.56 Å². The van der Waals surface area contributed by atoms with Crippen molar-refractivity contribution < 1.29 is 9.53 Å². The summed E-state index contributed by atoms with van der Waals surface area (Å²) >= 11 is 1.61. The first kappa shape index (κ1) is 17.7. The summed E-state index contributed by atoms with van der Waals surface area (Å²) in [6.07, 6.45) is 5.69. The summed E-state index contributed by atoms with van der Waals surface area (Å²) in [7, 11) is 1.59. The number of carbonyl (C=O) groups is 1. The number of hydrogen-bond acceptors (Lipinski definition) is 5. The van der Waals surface area contributed by atoms with E-state index in [2.05, 4.69) is 10.3 Å². The van der Waals surface area contributed by atoms with Gasteiger partial charge in [0, 0.05) is 10.6 Å². The number of ether oxygens (including phenoxy) is 1. The Hall–Kier alpha value is -2.67. The Morgan fingerprint density at radius 3 is 2.74 bits per heavy atom. The van der Waals surface area contributed by atoms with E-state index in [1.54, 1.807) is 49.6 Å². The van der Waals surface area contributed by atoms with Gasteiger partial charge in [-0.1, -0.05) is 0 Å². The van der Waals surface area contributed by atoms with Crippen molar-refractivity contribution in [3.8, 4) is 5.75 Å². The average Bonchev–Trinajstić information content (AvgIpc) is 3.07. The van der Waals surface area contributed by atoms with Crippen molar-refractivity contribution in [1.29, 1.82) is 0 Å². The number of anilines is 1. The summed E-state index contributed by atoms with van der Waals surface area (Å²) in [5.74, 6) is 0.460. The summed E-state index contributed by atoms with van der Waals surface area (Å²) in [4.78, 5) is 32.3. The van der Waals surface area contributed by atoms with Crippen LogP contribution in [0, 0.1) is 0 Å². The van der Waals surface area contributed by atoms with Crippen molar-refractivity contribution in [2.45, 2.75) is 38.6 Å². The molecule has 0 fully saturated rings. The van der Waals surface area contributed by atoms with Gasteiger partial charge in [-0.25, -0.2) is 4.98 Å². The maximum absolute atomic E-state index is 13.1. The molecule has 3 aromatic rings. The van der Waals surface area contributed by atoms with E-state index in [4.69, 9.17) is 4.74 Å². The third-order valence-electron chi connectivity index (χ3n) is 5.05. The molecule has 4 rings (SSSR count). The standard InChI is InChI=1S/C20H21N3O3S/c1-12(18(24)22-13-7-9-14(26-2)10-8-13)23-11-21-19-17(20(23)25)15-5-3-4-6-16(15)27-19/h7-12H,3-6H2,1-2H3,(H,22,24). The van der Waals surface area contributed by atoms with Gasteiger partial charge in [0.1, 0.15) is 16.6 Å². The smallest absolute Gasteiger partial charge is 0.263 e. The highest BCUT2D eigenvalue weighted by atomic mass is 32.1. The maximum Gasteiger partial charge on any atom is 0.263 e. The Balaban J connectivity index is 1.63. The lowest BCUT2D eigenvalue weighted by Gasteiger charge is -2.15. The minimum Gasteiger partial charge on any atom is -0.497 e. The van der Waals surface area contributed by atoms with Crippen LogP contribution in [0.1, 0.15) is 36.2 Å². The van der Waals surface area contributed by atoms with Gasteiger partial charge in [-0.2, -0.15) is 0 Å². The van der Waals surface area contributed by atoms with Crippen LogP contribution in [0.4, 0.5) is 5.69 Å². The van der Waals surface area contributed by atoms with E-state index in [1.807, 2.05) is 0 Å². The number of methoxy groups -OCH3 is 1. The average molecular weight is 383 g/mol. The van der Waals surface area contributed by atoms with E-state index in [0.717, 1.165) is 36.1 Å². The molecule has 1 N–H and O–H groups in total. The van der Waals surface area contributed by atoms with Gasteiger partial charge in [0.15, 0.2) is 0 Å². The number of amides is 1. The van der Waals surface area contributed by atoms with E-state index in [-0.39, 0.29) is 11.5 Å². The molecule has 0 aliphatic heterocycles. The second-order valence-electron chi connectivity index (χ2n) is 6.74. The number of fused-ring (bicyclic) bond motifs is 3. The Morgan fingerprint density at radius 2 is 2.00 bits per heavy atom. The number of rotatable bonds is 4. The molecular weight excluding hydrogens is 362 g/mol. The van der Waals surface area contributed by atoms with Crippen LogP contribution in [0.3, 0.4) is 0 Å². The second kappa shape index (κ2) is 7.15. The number of aryl methyl sites for hydroxylation is 2. The first-order chi connectivity index (χ1) is 13.1. The molecule has 2 aromatic heterocycles. The Morgan fingerprint density at radius 1 is 1.26 bits per heavy atom. The lowest BCUT2D eigenvalue weighted by Crippen LogP contribution is -2.32. The lowest BCUT2D eigenvalue weighted by molar-refractivity contribution is -0.118. The predicted octanol–water partition coefficient (Wildman–Crippen LogP) is 3.55. The van der Waals surface area contributed by atoms with Gasteiger partial charge in [0.2, 0.25) is 5.91 Å². The summed E-state index contributed by atoms with van der Waals surface area (Å²) in [6.45, 7) is 1.71. The molecular formula is C20H21N3O3S. The number of nitrogens with one attached hydrogen (secondary N) is 1. The number of benzene rings is 1. The molecule has 0 radical (unpaired) electrons. The fourth-order valence-electron chi connectivity index (χ4n) is 3.48.